The van der Waals surface area contributed by atoms with Gasteiger partial charge in [0, 0.05) is 47.0 Å². The number of rotatable bonds is 9. The molecular weight excluding hydrogens is 462 g/mol. The first-order valence-corrected chi connectivity index (χ1v) is 13.8. The summed E-state index contributed by atoms with van der Waals surface area (Å²) in [5.41, 5.74) is 3.52. The van der Waals surface area contributed by atoms with Crippen LogP contribution in [-0.2, 0) is 24.3 Å². The third-order valence-electron chi connectivity index (χ3n) is 7.63. The number of piperidine rings is 1. The van der Waals surface area contributed by atoms with Crippen LogP contribution < -0.4 is 10.9 Å². The molecule has 6 nitrogen and oxygen atoms in total. The molecular formula is C31H37N3O3. The molecule has 1 saturated heterocycles. The monoisotopic (exact) mass is 499 g/mol. The minimum absolute atomic E-state index is 0.0150. The number of carbonyl (C=O) groups excluding carboxylic acids is 1. The highest BCUT2D eigenvalue weighted by Gasteiger charge is 2.29. The number of aromatic nitrogens is 1. The number of likely N-dealkylation sites (tertiary alicyclic amines) is 1. The molecule has 0 aliphatic carbocycles. The zero-order chi connectivity index (χ0) is 25.8. The highest BCUT2D eigenvalue weighted by Crippen LogP contribution is 2.31. The van der Waals surface area contributed by atoms with Crippen LogP contribution in [0.5, 0.6) is 0 Å². The van der Waals surface area contributed by atoms with Crippen molar-refractivity contribution in [1.29, 1.82) is 0 Å². The maximum Gasteiger partial charge on any atom is 0.340 e. The maximum absolute atomic E-state index is 13.5. The second-order valence-corrected chi connectivity index (χ2v) is 10.1. The molecule has 1 fully saturated rings. The molecule has 37 heavy (non-hydrogen) atoms. The lowest BCUT2D eigenvalue weighted by Gasteiger charge is -2.34. The predicted molar refractivity (Wildman–Crippen MR) is 150 cm³/mol. The molecule has 3 heterocycles. The van der Waals surface area contributed by atoms with Gasteiger partial charge in [-0.25, -0.2) is 4.79 Å². The van der Waals surface area contributed by atoms with E-state index in [1.807, 2.05) is 18.2 Å². The van der Waals surface area contributed by atoms with Crippen molar-refractivity contribution in [2.45, 2.75) is 77.9 Å². The SMILES string of the molecule is CCCCCc1ccc(CN2CCCC[C@H]2C(=O)Nc2ccc3c(c2)c2ccccc2n3CC)c(=O)o1. The molecule has 5 rings (SSSR count). The Morgan fingerprint density at radius 1 is 1.00 bits per heavy atom. The van der Waals surface area contributed by atoms with E-state index in [-0.39, 0.29) is 17.6 Å². The summed E-state index contributed by atoms with van der Waals surface area (Å²) in [4.78, 5) is 28.3. The summed E-state index contributed by atoms with van der Waals surface area (Å²) < 4.78 is 7.90. The molecule has 0 bridgehead atoms. The number of benzene rings is 2. The summed E-state index contributed by atoms with van der Waals surface area (Å²) in [5.74, 6) is 0.730. The fourth-order valence-corrected chi connectivity index (χ4v) is 5.67. The van der Waals surface area contributed by atoms with E-state index < -0.39 is 0 Å². The van der Waals surface area contributed by atoms with Gasteiger partial charge in [-0.05, 0) is 69.1 Å². The van der Waals surface area contributed by atoms with Gasteiger partial charge in [0.25, 0.3) is 0 Å². The van der Waals surface area contributed by atoms with Crippen molar-refractivity contribution < 1.29 is 9.21 Å². The van der Waals surface area contributed by atoms with Crippen LogP contribution in [-0.4, -0.2) is 28.0 Å². The van der Waals surface area contributed by atoms with Crippen molar-refractivity contribution in [3.63, 3.8) is 0 Å². The zero-order valence-electron chi connectivity index (χ0n) is 22.0. The number of unbranched alkanes of at least 4 members (excludes halogenated alkanes) is 2. The summed E-state index contributed by atoms with van der Waals surface area (Å²) in [6.45, 7) is 6.42. The van der Waals surface area contributed by atoms with Gasteiger partial charge in [0.2, 0.25) is 5.91 Å². The minimum Gasteiger partial charge on any atom is -0.428 e. The Morgan fingerprint density at radius 3 is 2.65 bits per heavy atom. The predicted octanol–water partition coefficient (Wildman–Crippen LogP) is 6.49. The molecule has 6 heteroatoms. The minimum atomic E-state index is -0.281. The number of anilines is 1. The third-order valence-corrected chi connectivity index (χ3v) is 7.63. The normalized spacial score (nSPS) is 16.4. The molecule has 1 N–H and O–H groups in total. The lowest BCUT2D eigenvalue weighted by atomic mass is 10.0. The van der Waals surface area contributed by atoms with E-state index in [2.05, 4.69) is 65.0 Å². The van der Waals surface area contributed by atoms with Crippen LogP contribution in [0, 0.1) is 0 Å². The molecule has 2 aromatic heterocycles. The van der Waals surface area contributed by atoms with Crippen molar-refractivity contribution in [2.75, 3.05) is 11.9 Å². The highest BCUT2D eigenvalue weighted by molar-refractivity contribution is 6.10. The van der Waals surface area contributed by atoms with Crippen molar-refractivity contribution in [3.8, 4) is 0 Å². The van der Waals surface area contributed by atoms with E-state index in [0.717, 1.165) is 74.9 Å². The molecule has 0 unspecified atom stereocenters. The topological polar surface area (TPSA) is 67.5 Å². The van der Waals surface area contributed by atoms with Crippen LogP contribution in [0.15, 0.2) is 63.8 Å². The molecule has 4 aromatic rings. The van der Waals surface area contributed by atoms with Crippen LogP contribution in [0.2, 0.25) is 0 Å². The van der Waals surface area contributed by atoms with E-state index >= 15 is 0 Å². The summed E-state index contributed by atoms with van der Waals surface area (Å²) in [6, 6.07) is 18.1. The first-order valence-electron chi connectivity index (χ1n) is 13.8. The molecule has 1 aliphatic heterocycles. The summed E-state index contributed by atoms with van der Waals surface area (Å²) in [6.07, 6.45) is 6.89. The number of nitrogens with zero attached hydrogens (tertiary/aromatic N) is 2. The van der Waals surface area contributed by atoms with Gasteiger partial charge in [-0.1, -0.05) is 44.4 Å². The lowest BCUT2D eigenvalue weighted by Crippen LogP contribution is -2.47. The Hall–Kier alpha value is -3.38. The fourth-order valence-electron chi connectivity index (χ4n) is 5.67. The van der Waals surface area contributed by atoms with Gasteiger partial charge in [0.1, 0.15) is 5.76 Å². The van der Waals surface area contributed by atoms with Crippen LogP contribution in [0.4, 0.5) is 5.69 Å². The molecule has 0 saturated carbocycles. The van der Waals surface area contributed by atoms with Crippen molar-refractivity contribution >= 4 is 33.4 Å². The van der Waals surface area contributed by atoms with Crippen LogP contribution in [0.25, 0.3) is 21.8 Å². The smallest absolute Gasteiger partial charge is 0.340 e. The number of aryl methyl sites for hydroxylation is 2. The Kier molecular flexibility index (Phi) is 7.75. The summed E-state index contributed by atoms with van der Waals surface area (Å²) >= 11 is 0. The average molecular weight is 500 g/mol. The Balaban J connectivity index is 1.32. The first-order chi connectivity index (χ1) is 18.1. The van der Waals surface area contributed by atoms with Gasteiger partial charge >= 0.3 is 5.63 Å². The zero-order valence-corrected chi connectivity index (χ0v) is 22.0. The van der Waals surface area contributed by atoms with Gasteiger partial charge in [-0.2, -0.15) is 0 Å². The third kappa shape index (κ3) is 5.35. The number of nitrogens with one attached hydrogen (secondary N) is 1. The summed E-state index contributed by atoms with van der Waals surface area (Å²) in [5, 5.41) is 5.51. The maximum atomic E-state index is 13.5. The molecule has 1 atom stereocenters. The standard InChI is InChI=1S/C31H37N3O3/c1-3-5-6-11-24-17-15-22(31(36)37-24)21-33-19-10-9-14-29(33)30(35)32-23-16-18-28-26(20-23)25-12-7-8-13-27(25)34(28)4-2/h7-8,12-13,15-18,20,29H,3-6,9-11,14,19,21H2,1-2H3,(H,32,35)/t29-/m0/s1. The Morgan fingerprint density at radius 2 is 1.84 bits per heavy atom. The van der Waals surface area contributed by atoms with E-state index in [4.69, 9.17) is 4.42 Å². The molecule has 0 spiro atoms. The van der Waals surface area contributed by atoms with Crippen LogP contribution in [0.1, 0.15) is 63.7 Å². The number of hydrogen-bond acceptors (Lipinski definition) is 4. The van der Waals surface area contributed by atoms with E-state index in [1.54, 1.807) is 0 Å². The van der Waals surface area contributed by atoms with E-state index in [0.29, 0.717) is 12.1 Å². The van der Waals surface area contributed by atoms with Gasteiger partial charge in [-0.15, -0.1) is 0 Å². The number of amides is 1. The van der Waals surface area contributed by atoms with E-state index in [1.165, 1.54) is 16.4 Å². The van der Waals surface area contributed by atoms with Gasteiger partial charge in [0.15, 0.2) is 0 Å². The van der Waals surface area contributed by atoms with Crippen molar-refractivity contribution in [2.24, 2.45) is 0 Å². The molecule has 2 aromatic carbocycles. The molecule has 0 radical (unpaired) electrons. The van der Waals surface area contributed by atoms with E-state index in [9.17, 15) is 9.59 Å². The Labute approximate surface area is 218 Å². The Bertz CT molecular complexity index is 1450. The van der Waals surface area contributed by atoms with Gasteiger partial charge in [0.05, 0.1) is 11.6 Å². The second kappa shape index (κ2) is 11.3. The van der Waals surface area contributed by atoms with Crippen molar-refractivity contribution in [1.82, 2.24) is 9.47 Å². The van der Waals surface area contributed by atoms with Crippen LogP contribution in [0.3, 0.4) is 0 Å². The first kappa shape index (κ1) is 25.3. The number of carbonyl (C=O) groups is 1. The highest BCUT2D eigenvalue weighted by atomic mass is 16.4. The number of fused-ring (bicyclic) bond motifs is 3. The number of hydrogen-bond donors (Lipinski definition) is 1. The fraction of sp³-hybridized carbons (Fsp3) is 0.419. The van der Waals surface area contributed by atoms with Gasteiger partial charge in [-0.3, -0.25) is 9.69 Å². The largest absolute Gasteiger partial charge is 0.428 e. The molecule has 1 amide bonds. The quantitative estimate of drug-likeness (QED) is 0.267. The van der Waals surface area contributed by atoms with Crippen LogP contribution >= 0.6 is 0 Å². The van der Waals surface area contributed by atoms with Crippen molar-refractivity contribution in [3.05, 3.63) is 76.3 Å². The second-order valence-electron chi connectivity index (χ2n) is 10.1. The van der Waals surface area contributed by atoms with Gasteiger partial charge < -0.3 is 14.3 Å². The lowest BCUT2D eigenvalue weighted by molar-refractivity contribution is -0.122. The number of para-hydroxylation sites is 1. The average Bonchev–Trinajstić information content (AvgIpc) is 3.23. The molecule has 1 aliphatic rings. The summed E-state index contributed by atoms with van der Waals surface area (Å²) in [7, 11) is 0. The molecule has 194 valence electrons.